The number of hydrogen-bond acceptors (Lipinski definition) is 3. The van der Waals surface area contributed by atoms with Crippen molar-refractivity contribution in [3.63, 3.8) is 0 Å². The third kappa shape index (κ3) is 2.78. The first-order valence-corrected chi connectivity index (χ1v) is 11.9. The molecule has 5 heteroatoms. The summed E-state index contributed by atoms with van der Waals surface area (Å²) in [6, 6.07) is 4.31. The first-order chi connectivity index (χ1) is 11.0. The van der Waals surface area contributed by atoms with Crippen molar-refractivity contribution in [3.05, 3.63) is 45.5 Å². The molecule has 3 nitrogen and oxygen atoms in total. The highest BCUT2D eigenvalue weighted by Crippen LogP contribution is 2.32. The van der Waals surface area contributed by atoms with Gasteiger partial charge in [0, 0.05) is 23.2 Å². The molecule has 2 heterocycles. The van der Waals surface area contributed by atoms with E-state index in [0.29, 0.717) is 16.0 Å². The van der Waals surface area contributed by atoms with Crippen LogP contribution >= 0.6 is 11.6 Å². The molecule has 0 amide bonds. The van der Waals surface area contributed by atoms with Crippen molar-refractivity contribution in [1.29, 1.82) is 0 Å². The fourth-order valence-electron chi connectivity index (χ4n) is 2.93. The monoisotopic (exact) mass is 359 g/mol. The zero-order valence-corrected chi connectivity index (χ0v) is 16.7. The van der Waals surface area contributed by atoms with E-state index in [1.165, 1.54) is 11.8 Å². The van der Waals surface area contributed by atoms with E-state index in [0.717, 1.165) is 16.0 Å². The minimum Gasteiger partial charge on any atom is -0.422 e. The molecule has 0 aliphatic carbocycles. The van der Waals surface area contributed by atoms with Crippen molar-refractivity contribution < 1.29 is 4.42 Å². The second-order valence-electron chi connectivity index (χ2n) is 8.33. The Labute approximate surface area is 147 Å². The quantitative estimate of drug-likeness (QED) is 0.355. The lowest BCUT2D eigenvalue weighted by Gasteiger charge is -2.25. The van der Waals surface area contributed by atoms with Gasteiger partial charge in [-0.25, -0.2) is 4.79 Å². The summed E-state index contributed by atoms with van der Waals surface area (Å²) >= 11 is 6.41. The van der Waals surface area contributed by atoms with Crippen LogP contribution in [0.5, 0.6) is 0 Å². The lowest BCUT2D eigenvalue weighted by atomic mass is 9.86. The SMILES string of the molecule is CC(C)(C)c1cc([Si](C)(C)C)c2oc(=O)c3cncc(Cl)c3c2c1. The first kappa shape index (κ1) is 17.2. The second-order valence-corrected chi connectivity index (χ2v) is 13.8. The summed E-state index contributed by atoms with van der Waals surface area (Å²) in [6.07, 6.45) is 3.12. The minimum atomic E-state index is -1.73. The van der Waals surface area contributed by atoms with Gasteiger partial charge in [-0.2, -0.15) is 0 Å². The van der Waals surface area contributed by atoms with Crippen LogP contribution in [-0.4, -0.2) is 13.1 Å². The van der Waals surface area contributed by atoms with E-state index in [1.807, 2.05) is 0 Å². The molecule has 0 bridgehead atoms. The molecule has 0 unspecified atom stereocenters. The van der Waals surface area contributed by atoms with Gasteiger partial charge in [0.25, 0.3) is 0 Å². The van der Waals surface area contributed by atoms with Gasteiger partial charge in [0.1, 0.15) is 5.58 Å². The second kappa shape index (κ2) is 5.43. The topological polar surface area (TPSA) is 43.1 Å². The highest BCUT2D eigenvalue weighted by molar-refractivity contribution is 6.90. The first-order valence-electron chi connectivity index (χ1n) is 8.05. The van der Waals surface area contributed by atoms with Crippen LogP contribution in [0.1, 0.15) is 26.3 Å². The Morgan fingerprint density at radius 2 is 1.75 bits per heavy atom. The van der Waals surface area contributed by atoms with Gasteiger partial charge < -0.3 is 4.42 Å². The van der Waals surface area contributed by atoms with Crippen molar-refractivity contribution in [2.45, 2.75) is 45.8 Å². The van der Waals surface area contributed by atoms with Crippen molar-refractivity contribution in [2.24, 2.45) is 0 Å². The number of aromatic nitrogens is 1. The van der Waals surface area contributed by atoms with Crippen LogP contribution < -0.4 is 10.8 Å². The molecule has 0 radical (unpaired) electrons. The number of nitrogens with zero attached hydrogens (tertiary/aromatic N) is 1. The zero-order valence-electron chi connectivity index (χ0n) is 15.0. The van der Waals surface area contributed by atoms with Crippen LogP contribution in [0.4, 0.5) is 0 Å². The van der Waals surface area contributed by atoms with Crippen molar-refractivity contribution >= 4 is 46.6 Å². The highest BCUT2D eigenvalue weighted by Gasteiger charge is 2.26. The van der Waals surface area contributed by atoms with E-state index >= 15 is 0 Å². The van der Waals surface area contributed by atoms with Gasteiger partial charge in [0.2, 0.25) is 0 Å². The summed E-state index contributed by atoms with van der Waals surface area (Å²) in [4.78, 5) is 16.5. The Bertz CT molecular complexity index is 1010. The summed E-state index contributed by atoms with van der Waals surface area (Å²) in [7, 11) is -1.73. The Morgan fingerprint density at radius 3 is 2.33 bits per heavy atom. The van der Waals surface area contributed by atoms with Gasteiger partial charge in [-0.1, -0.05) is 58.1 Å². The maximum absolute atomic E-state index is 12.5. The molecular weight excluding hydrogens is 338 g/mol. The molecule has 3 aromatic rings. The number of fused-ring (bicyclic) bond motifs is 3. The number of hydrogen-bond donors (Lipinski definition) is 0. The van der Waals surface area contributed by atoms with Gasteiger partial charge in [0.05, 0.1) is 18.5 Å². The van der Waals surface area contributed by atoms with E-state index in [9.17, 15) is 4.79 Å². The molecule has 0 aliphatic heterocycles. The van der Waals surface area contributed by atoms with Crippen molar-refractivity contribution in [1.82, 2.24) is 4.98 Å². The summed E-state index contributed by atoms with van der Waals surface area (Å²) in [5.74, 6) is 0. The molecule has 0 spiro atoms. The number of pyridine rings is 1. The Balaban J connectivity index is 2.63. The minimum absolute atomic E-state index is 0.00937. The van der Waals surface area contributed by atoms with Gasteiger partial charge in [-0.3, -0.25) is 4.98 Å². The van der Waals surface area contributed by atoms with Crippen molar-refractivity contribution in [2.75, 3.05) is 0 Å². The normalized spacial score (nSPS) is 13.0. The third-order valence-corrected chi connectivity index (χ3v) is 6.62. The maximum Gasteiger partial charge on any atom is 0.345 e. The smallest absolute Gasteiger partial charge is 0.345 e. The van der Waals surface area contributed by atoms with Gasteiger partial charge in [0.15, 0.2) is 0 Å². The number of rotatable bonds is 1. The molecule has 0 saturated carbocycles. The largest absolute Gasteiger partial charge is 0.422 e. The van der Waals surface area contributed by atoms with E-state index in [4.69, 9.17) is 16.0 Å². The fraction of sp³-hybridized carbons (Fsp3) is 0.368. The predicted molar refractivity (Wildman–Crippen MR) is 104 cm³/mol. The van der Waals surface area contributed by atoms with E-state index < -0.39 is 8.07 Å². The highest BCUT2D eigenvalue weighted by atomic mass is 35.5. The van der Waals surface area contributed by atoms with E-state index in [-0.39, 0.29) is 11.0 Å². The fourth-order valence-corrected chi connectivity index (χ4v) is 4.64. The van der Waals surface area contributed by atoms with Gasteiger partial charge >= 0.3 is 5.63 Å². The number of benzene rings is 1. The Hall–Kier alpha value is -1.65. The van der Waals surface area contributed by atoms with Gasteiger partial charge in [-0.05, 0) is 22.2 Å². The number of halogens is 1. The molecule has 0 saturated heterocycles. The zero-order chi connectivity index (χ0) is 17.9. The molecule has 0 N–H and O–H groups in total. The van der Waals surface area contributed by atoms with Crippen molar-refractivity contribution in [3.8, 4) is 0 Å². The van der Waals surface area contributed by atoms with E-state index in [2.05, 4.69) is 57.5 Å². The molecule has 126 valence electrons. The van der Waals surface area contributed by atoms with Crippen LogP contribution in [0.3, 0.4) is 0 Å². The summed E-state index contributed by atoms with van der Waals surface area (Å²) in [5, 5.41) is 3.71. The molecule has 0 fully saturated rings. The standard InChI is InChI=1S/C19H22ClNO2Si/c1-19(2,3)11-7-12-16-13(9-21-10-14(16)20)18(22)23-17(12)15(8-11)24(4,5)6/h7-10H,1-6H3. The molecule has 0 atom stereocenters. The molecule has 2 aromatic heterocycles. The molecule has 3 rings (SSSR count). The van der Waals surface area contributed by atoms with Crippen LogP contribution in [0.2, 0.25) is 24.7 Å². The summed E-state index contributed by atoms with van der Waals surface area (Å²) < 4.78 is 5.74. The lowest BCUT2D eigenvalue weighted by Crippen LogP contribution is -2.39. The van der Waals surface area contributed by atoms with Crippen LogP contribution in [0.25, 0.3) is 21.7 Å². The Morgan fingerprint density at radius 1 is 1.08 bits per heavy atom. The van der Waals surface area contributed by atoms with Crippen LogP contribution in [-0.2, 0) is 5.41 Å². The lowest BCUT2D eigenvalue weighted by molar-refractivity contribution is 0.568. The maximum atomic E-state index is 12.5. The molecule has 0 aliphatic rings. The summed E-state index contributed by atoms with van der Waals surface area (Å²) in [6.45, 7) is 13.3. The average molecular weight is 360 g/mol. The third-order valence-electron chi connectivity index (χ3n) is 4.35. The molecule has 24 heavy (non-hydrogen) atoms. The van der Waals surface area contributed by atoms with Gasteiger partial charge in [-0.15, -0.1) is 0 Å². The Kier molecular flexibility index (Phi) is 3.89. The van der Waals surface area contributed by atoms with E-state index in [1.54, 1.807) is 6.20 Å². The molecular formula is C19H22ClNO2Si. The van der Waals surface area contributed by atoms with Crippen LogP contribution in [0, 0.1) is 0 Å². The predicted octanol–water partition coefficient (Wildman–Crippen LogP) is 4.84. The summed E-state index contributed by atoms with van der Waals surface area (Å²) in [5.41, 5.74) is 1.50. The average Bonchev–Trinajstić information content (AvgIpc) is 2.44. The van der Waals surface area contributed by atoms with Crippen LogP contribution in [0.15, 0.2) is 33.7 Å². The molecule has 1 aromatic carbocycles.